The van der Waals surface area contributed by atoms with E-state index in [1.165, 1.54) is 0 Å². The molecule has 0 aliphatic rings. The highest BCUT2D eigenvalue weighted by Crippen LogP contribution is 2.02. The van der Waals surface area contributed by atoms with Crippen LogP contribution in [0.1, 0.15) is 31.7 Å². The number of benzene rings is 1. The lowest BCUT2D eigenvalue weighted by Gasteiger charge is -2.18. The molecule has 5 nitrogen and oxygen atoms in total. The van der Waals surface area contributed by atoms with Gasteiger partial charge in [-0.05, 0) is 32.0 Å². The lowest BCUT2D eigenvalue weighted by Crippen LogP contribution is -2.47. The molecule has 23 heavy (non-hydrogen) atoms. The molecule has 0 heterocycles. The Morgan fingerprint density at radius 1 is 1.13 bits per heavy atom. The van der Waals surface area contributed by atoms with Crippen LogP contribution >= 0.6 is 12.4 Å². The van der Waals surface area contributed by atoms with Crippen molar-refractivity contribution in [2.75, 3.05) is 20.1 Å². The van der Waals surface area contributed by atoms with Crippen LogP contribution in [0.15, 0.2) is 30.3 Å². The van der Waals surface area contributed by atoms with Gasteiger partial charge in [-0.2, -0.15) is 0 Å². The number of carbonyl (C=O) groups excluding carboxylic acids is 2. The van der Waals surface area contributed by atoms with Gasteiger partial charge >= 0.3 is 0 Å². The predicted octanol–water partition coefficient (Wildman–Crippen LogP) is 1.66. The molecule has 3 N–H and O–H groups in total. The molecule has 1 aromatic carbocycles. The number of amides is 2. The molecule has 0 aliphatic heterocycles. The van der Waals surface area contributed by atoms with E-state index >= 15 is 0 Å². The molecule has 0 radical (unpaired) electrons. The Balaban J connectivity index is 0.00000484. The van der Waals surface area contributed by atoms with Crippen LogP contribution in [-0.4, -0.2) is 38.0 Å². The lowest BCUT2D eigenvalue weighted by atomic mass is 10.1. The summed E-state index contributed by atoms with van der Waals surface area (Å²) < 4.78 is 0. The largest absolute Gasteiger partial charge is 0.354 e. The van der Waals surface area contributed by atoms with Gasteiger partial charge in [-0.1, -0.05) is 43.7 Å². The first-order chi connectivity index (χ1) is 10.7. The minimum absolute atomic E-state index is 0. The minimum Gasteiger partial charge on any atom is -0.354 e. The summed E-state index contributed by atoms with van der Waals surface area (Å²) in [7, 11) is 1.88. The molecule has 1 rings (SSSR count). The van der Waals surface area contributed by atoms with Gasteiger partial charge in [0.15, 0.2) is 0 Å². The summed E-state index contributed by atoms with van der Waals surface area (Å²) in [5.41, 5.74) is 0.949. The van der Waals surface area contributed by atoms with Crippen molar-refractivity contribution in [3.63, 3.8) is 0 Å². The average Bonchev–Trinajstić information content (AvgIpc) is 2.52. The Labute approximate surface area is 145 Å². The van der Waals surface area contributed by atoms with E-state index in [-0.39, 0.29) is 24.2 Å². The first-order valence-corrected chi connectivity index (χ1v) is 7.93. The fourth-order valence-corrected chi connectivity index (χ4v) is 2.18. The summed E-state index contributed by atoms with van der Waals surface area (Å²) in [4.78, 5) is 24.2. The summed E-state index contributed by atoms with van der Waals surface area (Å²) >= 11 is 0. The normalized spacial score (nSPS) is 11.2. The Hall–Kier alpha value is -1.59. The fraction of sp³-hybridized carbons (Fsp3) is 0.529. The van der Waals surface area contributed by atoms with Crippen molar-refractivity contribution in [1.82, 2.24) is 16.0 Å². The number of hydrogen-bond acceptors (Lipinski definition) is 3. The number of nitrogens with one attached hydrogen (secondary N) is 3. The van der Waals surface area contributed by atoms with Crippen LogP contribution in [0.4, 0.5) is 0 Å². The zero-order chi connectivity index (χ0) is 16.2. The van der Waals surface area contributed by atoms with E-state index in [1.807, 2.05) is 44.3 Å². The maximum absolute atomic E-state index is 12.1. The molecule has 2 amide bonds. The van der Waals surface area contributed by atoms with Crippen LogP contribution < -0.4 is 16.0 Å². The molecular weight excluding hydrogens is 314 g/mol. The van der Waals surface area contributed by atoms with Crippen molar-refractivity contribution >= 4 is 24.2 Å². The first kappa shape index (κ1) is 21.4. The highest BCUT2D eigenvalue weighted by Gasteiger charge is 2.19. The zero-order valence-electron chi connectivity index (χ0n) is 13.9. The summed E-state index contributed by atoms with van der Waals surface area (Å²) in [5, 5.41) is 8.75. The van der Waals surface area contributed by atoms with Crippen LogP contribution in [0, 0.1) is 0 Å². The van der Waals surface area contributed by atoms with Crippen molar-refractivity contribution in [2.45, 2.75) is 38.6 Å². The molecule has 1 unspecified atom stereocenters. The third kappa shape index (κ3) is 9.21. The van der Waals surface area contributed by atoms with Crippen molar-refractivity contribution in [1.29, 1.82) is 0 Å². The maximum atomic E-state index is 12.1. The highest BCUT2D eigenvalue weighted by molar-refractivity contribution is 5.88. The minimum atomic E-state index is -0.448. The van der Waals surface area contributed by atoms with E-state index in [4.69, 9.17) is 0 Å². The van der Waals surface area contributed by atoms with E-state index in [9.17, 15) is 9.59 Å². The van der Waals surface area contributed by atoms with Crippen molar-refractivity contribution < 1.29 is 9.59 Å². The number of halogens is 1. The highest BCUT2D eigenvalue weighted by atomic mass is 35.5. The predicted molar refractivity (Wildman–Crippen MR) is 95.8 cm³/mol. The molecule has 0 saturated carbocycles. The van der Waals surface area contributed by atoms with Crippen molar-refractivity contribution in [3.8, 4) is 0 Å². The quantitative estimate of drug-likeness (QED) is 0.567. The summed E-state index contributed by atoms with van der Waals surface area (Å²) in [6.45, 7) is 3.48. The summed E-state index contributed by atoms with van der Waals surface area (Å²) in [5.74, 6) is -0.214. The maximum Gasteiger partial charge on any atom is 0.242 e. The van der Waals surface area contributed by atoms with Gasteiger partial charge in [0.1, 0.15) is 6.04 Å². The average molecular weight is 342 g/mol. The number of hydrogen-bond donors (Lipinski definition) is 3. The van der Waals surface area contributed by atoms with Gasteiger partial charge in [-0.3, -0.25) is 9.59 Å². The molecule has 0 saturated heterocycles. The third-order valence-corrected chi connectivity index (χ3v) is 3.34. The Morgan fingerprint density at radius 2 is 1.83 bits per heavy atom. The molecule has 1 aromatic rings. The van der Waals surface area contributed by atoms with Crippen LogP contribution in [0.3, 0.4) is 0 Å². The van der Waals surface area contributed by atoms with Crippen LogP contribution in [0.5, 0.6) is 0 Å². The van der Waals surface area contributed by atoms with E-state index in [2.05, 4.69) is 16.0 Å². The standard InChI is InChI=1S/C17H27N3O2.ClH/c1-3-8-15(17(22)19-12-7-11-18-2)20-16(21)13-14-9-5-4-6-10-14;/h4-6,9-10,15,18H,3,7-8,11-13H2,1-2H3,(H,19,22)(H,20,21);1H. The second-order valence-corrected chi connectivity index (χ2v) is 5.32. The molecule has 130 valence electrons. The van der Waals surface area contributed by atoms with Gasteiger partial charge in [-0.25, -0.2) is 0 Å². The monoisotopic (exact) mass is 341 g/mol. The second kappa shape index (κ2) is 12.9. The molecular formula is C17H28ClN3O2. The number of rotatable bonds is 10. The van der Waals surface area contributed by atoms with Gasteiger partial charge in [-0.15, -0.1) is 12.4 Å². The first-order valence-electron chi connectivity index (χ1n) is 7.93. The third-order valence-electron chi connectivity index (χ3n) is 3.34. The van der Waals surface area contributed by atoms with Crippen LogP contribution in [-0.2, 0) is 16.0 Å². The van der Waals surface area contributed by atoms with Gasteiger partial charge < -0.3 is 16.0 Å². The van der Waals surface area contributed by atoms with Gasteiger partial charge in [0.25, 0.3) is 0 Å². The van der Waals surface area contributed by atoms with Gasteiger partial charge in [0.2, 0.25) is 11.8 Å². The van der Waals surface area contributed by atoms with E-state index in [1.54, 1.807) is 0 Å². The van der Waals surface area contributed by atoms with Crippen molar-refractivity contribution in [3.05, 3.63) is 35.9 Å². The zero-order valence-corrected chi connectivity index (χ0v) is 14.7. The van der Waals surface area contributed by atoms with Gasteiger partial charge in [0.05, 0.1) is 6.42 Å². The Kier molecular flexibility index (Phi) is 12.0. The van der Waals surface area contributed by atoms with Crippen LogP contribution in [0.2, 0.25) is 0 Å². The molecule has 0 spiro atoms. The second-order valence-electron chi connectivity index (χ2n) is 5.32. The summed E-state index contributed by atoms with van der Waals surface area (Å²) in [6.07, 6.45) is 2.67. The van der Waals surface area contributed by atoms with E-state index in [0.717, 1.165) is 24.9 Å². The SMILES string of the molecule is CCCC(NC(=O)Cc1ccccc1)C(=O)NCCCNC.Cl. The smallest absolute Gasteiger partial charge is 0.242 e. The molecule has 0 fully saturated rings. The van der Waals surface area contributed by atoms with Crippen LogP contribution in [0.25, 0.3) is 0 Å². The van der Waals surface area contributed by atoms with Crippen molar-refractivity contribution in [2.24, 2.45) is 0 Å². The molecule has 0 aliphatic carbocycles. The van der Waals surface area contributed by atoms with E-state index in [0.29, 0.717) is 19.4 Å². The molecule has 0 bridgehead atoms. The molecule has 0 aromatic heterocycles. The van der Waals surface area contributed by atoms with Gasteiger partial charge in [0, 0.05) is 6.54 Å². The Bertz CT molecular complexity index is 454. The lowest BCUT2D eigenvalue weighted by molar-refractivity contribution is -0.128. The molecule has 6 heteroatoms. The Morgan fingerprint density at radius 3 is 2.43 bits per heavy atom. The molecule has 1 atom stereocenters. The number of carbonyl (C=O) groups is 2. The van der Waals surface area contributed by atoms with E-state index < -0.39 is 6.04 Å². The fourth-order valence-electron chi connectivity index (χ4n) is 2.18. The topological polar surface area (TPSA) is 70.2 Å². The summed E-state index contributed by atoms with van der Waals surface area (Å²) in [6, 6.07) is 9.09.